The van der Waals surface area contributed by atoms with Gasteiger partial charge in [0.1, 0.15) is 0 Å². The minimum absolute atomic E-state index is 0.0407. The van der Waals surface area contributed by atoms with Gasteiger partial charge < -0.3 is 9.64 Å². The molecule has 1 spiro atoms. The number of fused-ring (bicyclic) bond motifs is 4. The van der Waals surface area contributed by atoms with Crippen molar-refractivity contribution in [2.45, 2.75) is 56.4 Å². The van der Waals surface area contributed by atoms with E-state index in [1.165, 1.54) is 24.0 Å². The summed E-state index contributed by atoms with van der Waals surface area (Å²) in [5.41, 5.74) is 5.53. The highest BCUT2D eigenvalue weighted by Gasteiger charge is 2.52. The molecule has 5 nitrogen and oxygen atoms in total. The molecule has 2 fully saturated rings. The van der Waals surface area contributed by atoms with Crippen LogP contribution in [0.3, 0.4) is 0 Å². The molecule has 2 saturated heterocycles. The van der Waals surface area contributed by atoms with Crippen molar-refractivity contribution in [1.29, 1.82) is 0 Å². The Kier molecular flexibility index (Phi) is 4.96. The standard InChI is InChI=1S/C23H29N3O2S/c1-25(2)22(27)17(9-18-14-29-15-24-18)12-26-19-7-8-20(26)11-23(10-19)21-6-4-3-5-16(21)13-28-23/h3-6,14-15,17,19-20H,7-13H2,1-2H3. The number of amides is 1. The first-order valence-electron chi connectivity index (χ1n) is 10.6. The van der Waals surface area contributed by atoms with Crippen molar-refractivity contribution in [3.05, 3.63) is 52.0 Å². The molecule has 4 heterocycles. The van der Waals surface area contributed by atoms with E-state index in [-0.39, 0.29) is 17.4 Å². The van der Waals surface area contributed by atoms with E-state index in [0.29, 0.717) is 12.1 Å². The first-order valence-corrected chi connectivity index (χ1v) is 11.6. The third-order valence-corrected chi connectivity index (χ3v) is 7.71. The molecule has 0 N–H and O–H groups in total. The summed E-state index contributed by atoms with van der Waals surface area (Å²) < 4.78 is 6.45. The van der Waals surface area contributed by atoms with E-state index < -0.39 is 0 Å². The Bertz CT molecular complexity index is 868. The molecule has 3 aliphatic heterocycles. The zero-order valence-electron chi connectivity index (χ0n) is 17.2. The second-order valence-electron chi connectivity index (χ2n) is 9.04. The lowest BCUT2D eigenvalue weighted by Crippen LogP contribution is -2.52. The molecule has 0 aliphatic carbocycles. The summed E-state index contributed by atoms with van der Waals surface area (Å²) in [6, 6.07) is 9.71. The average molecular weight is 412 g/mol. The molecule has 154 valence electrons. The van der Waals surface area contributed by atoms with Crippen LogP contribution in [0.2, 0.25) is 0 Å². The van der Waals surface area contributed by atoms with Crippen molar-refractivity contribution in [2.75, 3.05) is 20.6 Å². The first kappa shape index (κ1) is 19.2. The van der Waals surface area contributed by atoms with Crippen LogP contribution < -0.4 is 0 Å². The fraction of sp³-hybridized carbons (Fsp3) is 0.565. The number of thiazole rings is 1. The molecule has 1 amide bonds. The molecule has 2 bridgehead atoms. The summed E-state index contributed by atoms with van der Waals surface area (Å²) in [5, 5.41) is 2.07. The molecule has 0 radical (unpaired) electrons. The van der Waals surface area contributed by atoms with E-state index in [0.717, 1.165) is 38.1 Å². The Balaban J connectivity index is 1.35. The number of nitrogens with zero attached hydrogens (tertiary/aromatic N) is 3. The highest BCUT2D eigenvalue weighted by molar-refractivity contribution is 7.07. The second-order valence-corrected chi connectivity index (χ2v) is 9.76. The largest absolute Gasteiger partial charge is 0.365 e. The molecule has 3 atom stereocenters. The third kappa shape index (κ3) is 3.41. The van der Waals surface area contributed by atoms with Crippen molar-refractivity contribution in [1.82, 2.24) is 14.8 Å². The van der Waals surface area contributed by atoms with Gasteiger partial charge in [-0.1, -0.05) is 24.3 Å². The van der Waals surface area contributed by atoms with Crippen LogP contribution in [0.4, 0.5) is 0 Å². The molecule has 1 aromatic carbocycles. The molecular formula is C23H29N3O2S. The molecule has 6 heteroatoms. The quantitative estimate of drug-likeness (QED) is 0.756. The number of ether oxygens (including phenoxy) is 1. The van der Waals surface area contributed by atoms with Crippen molar-refractivity contribution in [2.24, 2.45) is 5.92 Å². The number of benzene rings is 1. The lowest BCUT2D eigenvalue weighted by Gasteiger charge is -2.45. The normalized spacial score (nSPS) is 29.2. The van der Waals surface area contributed by atoms with Crippen molar-refractivity contribution >= 4 is 17.2 Å². The van der Waals surface area contributed by atoms with E-state index in [4.69, 9.17) is 4.74 Å². The average Bonchev–Trinajstić information content (AvgIpc) is 3.40. The Hall–Kier alpha value is -1.76. The molecule has 3 aliphatic rings. The van der Waals surface area contributed by atoms with Gasteiger partial charge in [-0.25, -0.2) is 4.98 Å². The van der Waals surface area contributed by atoms with Gasteiger partial charge >= 0.3 is 0 Å². The number of carbonyl (C=O) groups is 1. The van der Waals surface area contributed by atoms with Gasteiger partial charge in [0.05, 0.1) is 29.3 Å². The zero-order chi connectivity index (χ0) is 20.0. The van der Waals surface area contributed by atoms with Gasteiger partial charge in [-0.05, 0) is 36.8 Å². The summed E-state index contributed by atoms with van der Waals surface area (Å²) in [4.78, 5) is 21.7. The van der Waals surface area contributed by atoms with Gasteiger partial charge in [-0.2, -0.15) is 0 Å². The smallest absolute Gasteiger partial charge is 0.226 e. The number of piperidine rings is 1. The topological polar surface area (TPSA) is 45.7 Å². The maximum absolute atomic E-state index is 12.9. The molecule has 29 heavy (non-hydrogen) atoms. The Morgan fingerprint density at radius 1 is 1.31 bits per heavy atom. The second kappa shape index (κ2) is 7.49. The number of rotatable bonds is 5. The lowest BCUT2D eigenvalue weighted by molar-refractivity contribution is -0.135. The Morgan fingerprint density at radius 2 is 2.07 bits per heavy atom. The van der Waals surface area contributed by atoms with Crippen LogP contribution in [0.15, 0.2) is 35.2 Å². The SMILES string of the molecule is CN(C)C(=O)C(Cc1cscn1)CN1C2CCC1CC1(C2)OCc2ccccc21. The Labute approximate surface area is 176 Å². The van der Waals surface area contributed by atoms with Crippen LogP contribution in [0.1, 0.15) is 42.5 Å². The summed E-state index contributed by atoms with van der Waals surface area (Å²) in [6.07, 6.45) is 5.22. The number of hydrogen-bond acceptors (Lipinski definition) is 5. The first-order chi connectivity index (χ1) is 14.1. The predicted molar refractivity (Wildman–Crippen MR) is 114 cm³/mol. The molecule has 1 aromatic heterocycles. The summed E-state index contributed by atoms with van der Waals surface area (Å²) in [7, 11) is 3.72. The highest BCUT2D eigenvalue weighted by atomic mass is 32.1. The van der Waals surface area contributed by atoms with Crippen LogP contribution >= 0.6 is 11.3 Å². The van der Waals surface area contributed by atoms with E-state index in [1.807, 2.05) is 19.6 Å². The lowest BCUT2D eigenvalue weighted by atomic mass is 9.79. The molecule has 0 saturated carbocycles. The highest BCUT2D eigenvalue weighted by Crippen LogP contribution is 2.52. The Morgan fingerprint density at radius 3 is 2.76 bits per heavy atom. The monoisotopic (exact) mass is 411 g/mol. The minimum Gasteiger partial charge on any atom is -0.365 e. The van der Waals surface area contributed by atoms with Crippen LogP contribution in [0.5, 0.6) is 0 Å². The van der Waals surface area contributed by atoms with Gasteiger partial charge in [0, 0.05) is 44.5 Å². The zero-order valence-corrected chi connectivity index (χ0v) is 18.0. The van der Waals surface area contributed by atoms with Gasteiger partial charge in [-0.15, -0.1) is 11.3 Å². The van der Waals surface area contributed by atoms with Gasteiger partial charge in [0.25, 0.3) is 0 Å². The fourth-order valence-corrected chi connectivity index (χ4v) is 6.33. The number of hydrogen-bond donors (Lipinski definition) is 0. The van der Waals surface area contributed by atoms with Crippen molar-refractivity contribution in [3.63, 3.8) is 0 Å². The third-order valence-electron chi connectivity index (χ3n) is 7.07. The van der Waals surface area contributed by atoms with Crippen molar-refractivity contribution in [3.8, 4) is 0 Å². The maximum atomic E-state index is 12.9. The number of aromatic nitrogens is 1. The van der Waals surface area contributed by atoms with Crippen LogP contribution in [0, 0.1) is 5.92 Å². The summed E-state index contributed by atoms with van der Waals surface area (Å²) >= 11 is 1.60. The minimum atomic E-state index is -0.116. The predicted octanol–water partition coefficient (Wildman–Crippen LogP) is 3.44. The van der Waals surface area contributed by atoms with E-state index in [9.17, 15) is 4.79 Å². The van der Waals surface area contributed by atoms with E-state index >= 15 is 0 Å². The fourth-order valence-electron chi connectivity index (χ4n) is 5.76. The molecule has 2 aromatic rings. The summed E-state index contributed by atoms with van der Waals surface area (Å²) in [6.45, 7) is 1.56. The van der Waals surface area contributed by atoms with E-state index in [1.54, 1.807) is 16.2 Å². The van der Waals surface area contributed by atoms with E-state index in [2.05, 4.69) is 39.5 Å². The van der Waals surface area contributed by atoms with Crippen LogP contribution in [-0.2, 0) is 28.2 Å². The van der Waals surface area contributed by atoms with Crippen LogP contribution in [-0.4, -0.2) is 53.4 Å². The summed E-state index contributed by atoms with van der Waals surface area (Å²) in [5.74, 6) is 0.168. The molecular weight excluding hydrogens is 382 g/mol. The molecule has 5 rings (SSSR count). The van der Waals surface area contributed by atoms with Gasteiger partial charge in [-0.3, -0.25) is 9.69 Å². The molecule has 3 unspecified atom stereocenters. The number of carbonyl (C=O) groups excluding carboxylic acids is 1. The van der Waals surface area contributed by atoms with Gasteiger partial charge in [0.2, 0.25) is 5.91 Å². The van der Waals surface area contributed by atoms with Crippen molar-refractivity contribution < 1.29 is 9.53 Å². The van der Waals surface area contributed by atoms with Gasteiger partial charge in [0.15, 0.2) is 0 Å². The van der Waals surface area contributed by atoms with Crippen LogP contribution in [0.25, 0.3) is 0 Å². The maximum Gasteiger partial charge on any atom is 0.226 e.